The number of hydrogen-bond acceptors (Lipinski definition) is 3. The number of benzene rings is 1. The Kier molecular flexibility index (Phi) is 3.62. The third kappa shape index (κ3) is 2.94. The lowest BCUT2D eigenvalue weighted by molar-refractivity contribution is 1.32. The first-order valence-corrected chi connectivity index (χ1v) is 5.82. The highest BCUT2D eigenvalue weighted by atomic mass is 35.5. The number of halogens is 3. The Labute approximate surface area is 114 Å². The van der Waals surface area contributed by atoms with Gasteiger partial charge in [-0.3, -0.25) is 4.98 Å². The Morgan fingerprint density at radius 2 is 1.65 bits per heavy atom. The maximum Gasteiger partial charge on any atom is 0.0656 e. The second kappa shape index (κ2) is 5.00. The average Bonchev–Trinajstić information content (AvgIpc) is 2.26. The molecule has 0 saturated carbocycles. The van der Waals surface area contributed by atoms with Gasteiger partial charge in [0.1, 0.15) is 0 Å². The van der Waals surface area contributed by atoms with E-state index in [2.05, 4.69) is 10.3 Å². The lowest BCUT2D eigenvalue weighted by atomic mass is 10.3. The van der Waals surface area contributed by atoms with Gasteiger partial charge in [-0.2, -0.15) is 0 Å². The molecule has 0 atom stereocenters. The van der Waals surface area contributed by atoms with E-state index < -0.39 is 0 Å². The molecule has 2 rings (SSSR count). The van der Waals surface area contributed by atoms with Gasteiger partial charge in [0.05, 0.1) is 38.3 Å². The van der Waals surface area contributed by atoms with Crippen molar-refractivity contribution in [2.75, 3.05) is 11.1 Å². The summed E-state index contributed by atoms with van der Waals surface area (Å²) < 4.78 is 0. The van der Waals surface area contributed by atoms with E-state index in [1.807, 2.05) is 0 Å². The number of anilines is 3. The van der Waals surface area contributed by atoms with E-state index in [4.69, 9.17) is 40.5 Å². The first-order chi connectivity index (χ1) is 8.06. The predicted octanol–water partition coefficient (Wildman–Crippen LogP) is 4.37. The van der Waals surface area contributed by atoms with Crippen LogP contribution in [0, 0.1) is 0 Å². The van der Waals surface area contributed by atoms with Crippen molar-refractivity contribution in [3.8, 4) is 0 Å². The zero-order valence-electron chi connectivity index (χ0n) is 8.55. The van der Waals surface area contributed by atoms with Gasteiger partial charge in [-0.25, -0.2) is 0 Å². The van der Waals surface area contributed by atoms with Crippen LogP contribution in [0.1, 0.15) is 0 Å². The third-order valence-electron chi connectivity index (χ3n) is 2.05. The van der Waals surface area contributed by atoms with Gasteiger partial charge in [0, 0.05) is 6.20 Å². The van der Waals surface area contributed by atoms with E-state index >= 15 is 0 Å². The zero-order valence-corrected chi connectivity index (χ0v) is 10.8. The number of hydrogen-bond donors (Lipinski definition) is 2. The highest BCUT2D eigenvalue weighted by molar-refractivity contribution is 6.44. The quantitative estimate of drug-likeness (QED) is 0.807. The van der Waals surface area contributed by atoms with Crippen molar-refractivity contribution in [3.05, 3.63) is 45.7 Å². The summed E-state index contributed by atoms with van der Waals surface area (Å²) in [5, 5.41) is 4.37. The van der Waals surface area contributed by atoms with Gasteiger partial charge < -0.3 is 11.1 Å². The monoisotopic (exact) mass is 287 g/mol. The van der Waals surface area contributed by atoms with Crippen LogP contribution in [0.15, 0.2) is 30.6 Å². The fourth-order valence-corrected chi connectivity index (χ4v) is 1.89. The Hall–Kier alpha value is -1.16. The smallest absolute Gasteiger partial charge is 0.0656 e. The average molecular weight is 289 g/mol. The van der Waals surface area contributed by atoms with Gasteiger partial charge in [-0.15, -0.1) is 0 Å². The molecule has 1 aromatic carbocycles. The van der Waals surface area contributed by atoms with Gasteiger partial charge in [-0.05, 0) is 18.2 Å². The molecule has 0 fully saturated rings. The van der Waals surface area contributed by atoms with E-state index in [0.29, 0.717) is 26.4 Å². The lowest BCUT2D eigenvalue weighted by Crippen LogP contribution is -1.94. The predicted molar refractivity (Wildman–Crippen MR) is 73.4 cm³/mol. The van der Waals surface area contributed by atoms with Crippen LogP contribution in [-0.4, -0.2) is 4.98 Å². The molecular formula is C11H8Cl3N3. The largest absolute Gasteiger partial charge is 0.397 e. The molecule has 3 N–H and O–H groups in total. The van der Waals surface area contributed by atoms with Crippen LogP contribution in [0.2, 0.25) is 15.1 Å². The van der Waals surface area contributed by atoms with E-state index in [1.54, 1.807) is 30.6 Å². The molecule has 6 heteroatoms. The van der Waals surface area contributed by atoms with E-state index in [1.165, 1.54) is 0 Å². The SMILES string of the molecule is Nc1cncc(Nc2cc(Cl)c(Cl)cc2Cl)c1. The molecule has 3 nitrogen and oxygen atoms in total. The molecular weight excluding hydrogens is 281 g/mol. The molecule has 0 aliphatic rings. The highest BCUT2D eigenvalue weighted by Crippen LogP contribution is 2.33. The van der Waals surface area contributed by atoms with Crippen molar-refractivity contribution >= 4 is 51.9 Å². The van der Waals surface area contributed by atoms with Crippen LogP contribution < -0.4 is 11.1 Å². The van der Waals surface area contributed by atoms with E-state index in [-0.39, 0.29) is 0 Å². The number of nitrogens with two attached hydrogens (primary N) is 1. The first kappa shape index (κ1) is 12.3. The highest BCUT2D eigenvalue weighted by Gasteiger charge is 2.06. The molecule has 1 aromatic heterocycles. The van der Waals surface area contributed by atoms with Gasteiger partial charge >= 0.3 is 0 Å². The Balaban J connectivity index is 2.33. The molecule has 2 aromatic rings. The summed E-state index contributed by atoms with van der Waals surface area (Å²) in [6, 6.07) is 4.97. The Morgan fingerprint density at radius 3 is 2.35 bits per heavy atom. The van der Waals surface area contributed by atoms with Gasteiger partial charge in [0.25, 0.3) is 0 Å². The number of nitrogen functional groups attached to an aromatic ring is 1. The van der Waals surface area contributed by atoms with Crippen LogP contribution in [0.25, 0.3) is 0 Å². The topological polar surface area (TPSA) is 50.9 Å². The Bertz CT molecular complexity index is 558. The maximum atomic E-state index is 6.03. The lowest BCUT2D eigenvalue weighted by Gasteiger charge is -2.09. The van der Waals surface area contributed by atoms with Crippen LogP contribution in [0.5, 0.6) is 0 Å². The van der Waals surface area contributed by atoms with Gasteiger partial charge in [-0.1, -0.05) is 34.8 Å². The minimum atomic E-state index is 0.410. The van der Waals surface area contributed by atoms with Crippen molar-refractivity contribution < 1.29 is 0 Å². The van der Waals surface area contributed by atoms with Crippen LogP contribution in [0.4, 0.5) is 17.1 Å². The standard InChI is InChI=1S/C11H8Cl3N3/c12-8-2-10(14)11(3-9(8)13)17-7-1-6(15)4-16-5-7/h1-5,17H,15H2. The molecule has 0 aliphatic carbocycles. The normalized spacial score (nSPS) is 10.3. The van der Waals surface area contributed by atoms with Gasteiger partial charge in [0.15, 0.2) is 0 Å². The second-order valence-electron chi connectivity index (χ2n) is 3.38. The number of rotatable bonds is 2. The molecule has 0 spiro atoms. The number of nitrogens with one attached hydrogen (secondary N) is 1. The second-order valence-corrected chi connectivity index (χ2v) is 4.60. The molecule has 0 unspecified atom stereocenters. The molecule has 0 aliphatic heterocycles. The third-order valence-corrected chi connectivity index (χ3v) is 3.08. The molecule has 0 amide bonds. The van der Waals surface area contributed by atoms with Crippen LogP contribution in [-0.2, 0) is 0 Å². The van der Waals surface area contributed by atoms with Crippen molar-refractivity contribution in [1.82, 2.24) is 4.98 Å². The maximum absolute atomic E-state index is 6.03. The fourth-order valence-electron chi connectivity index (χ4n) is 1.30. The minimum Gasteiger partial charge on any atom is -0.397 e. The summed E-state index contributed by atoms with van der Waals surface area (Å²) in [5.74, 6) is 0. The molecule has 88 valence electrons. The van der Waals surface area contributed by atoms with E-state index in [9.17, 15) is 0 Å². The summed E-state index contributed by atoms with van der Waals surface area (Å²) in [6.45, 7) is 0. The summed E-state index contributed by atoms with van der Waals surface area (Å²) >= 11 is 17.8. The van der Waals surface area contributed by atoms with Crippen LogP contribution in [0.3, 0.4) is 0 Å². The molecule has 0 bridgehead atoms. The Morgan fingerprint density at radius 1 is 0.941 bits per heavy atom. The van der Waals surface area contributed by atoms with Crippen molar-refractivity contribution in [3.63, 3.8) is 0 Å². The summed E-state index contributed by atoms with van der Waals surface area (Å²) in [4.78, 5) is 3.96. The number of aromatic nitrogens is 1. The fraction of sp³-hybridized carbons (Fsp3) is 0. The summed E-state index contributed by atoms with van der Waals surface area (Å²) in [7, 11) is 0. The summed E-state index contributed by atoms with van der Waals surface area (Å²) in [6.07, 6.45) is 3.19. The van der Waals surface area contributed by atoms with Crippen molar-refractivity contribution in [2.45, 2.75) is 0 Å². The molecule has 1 heterocycles. The number of pyridine rings is 1. The molecule has 0 saturated heterocycles. The summed E-state index contributed by atoms with van der Waals surface area (Å²) in [5.41, 5.74) is 7.56. The van der Waals surface area contributed by atoms with Crippen molar-refractivity contribution in [1.29, 1.82) is 0 Å². The van der Waals surface area contributed by atoms with Crippen molar-refractivity contribution in [2.24, 2.45) is 0 Å². The van der Waals surface area contributed by atoms with E-state index in [0.717, 1.165) is 5.69 Å². The minimum absolute atomic E-state index is 0.410. The van der Waals surface area contributed by atoms with Gasteiger partial charge in [0.2, 0.25) is 0 Å². The first-order valence-electron chi connectivity index (χ1n) is 4.68. The number of nitrogens with zero attached hydrogens (tertiary/aromatic N) is 1. The molecule has 0 radical (unpaired) electrons. The van der Waals surface area contributed by atoms with Crippen LogP contribution >= 0.6 is 34.8 Å². The molecule has 17 heavy (non-hydrogen) atoms. The zero-order chi connectivity index (χ0) is 12.4.